The highest BCUT2D eigenvalue weighted by Crippen LogP contribution is 2.15. The van der Waals surface area contributed by atoms with Crippen molar-refractivity contribution in [2.24, 2.45) is 4.99 Å². The third kappa shape index (κ3) is 6.68. The predicted octanol–water partition coefficient (Wildman–Crippen LogP) is 2.77. The Morgan fingerprint density at radius 3 is 2.50 bits per heavy atom. The maximum absolute atomic E-state index is 4.26. The third-order valence-electron chi connectivity index (χ3n) is 3.85. The molecule has 0 saturated heterocycles. The van der Waals surface area contributed by atoms with E-state index in [1.807, 2.05) is 7.05 Å². The molecule has 0 fully saturated rings. The molecule has 0 amide bonds. The number of hydrogen-bond donors (Lipinski definition) is 2. The van der Waals surface area contributed by atoms with Crippen LogP contribution in [-0.2, 0) is 6.54 Å². The lowest BCUT2D eigenvalue weighted by Crippen LogP contribution is -2.39. The van der Waals surface area contributed by atoms with Crippen LogP contribution in [0.3, 0.4) is 0 Å². The number of halogens is 1. The molecule has 0 saturated carbocycles. The van der Waals surface area contributed by atoms with Crippen molar-refractivity contribution in [2.75, 3.05) is 40.8 Å². The van der Waals surface area contributed by atoms with Crippen LogP contribution in [0.2, 0.25) is 0 Å². The van der Waals surface area contributed by atoms with Crippen molar-refractivity contribution in [3.05, 3.63) is 36.5 Å². The summed E-state index contributed by atoms with van der Waals surface area (Å²) in [5, 5.41) is 8.04. The third-order valence-corrected chi connectivity index (χ3v) is 3.85. The number of rotatable bonds is 8. The summed E-state index contributed by atoms with van der Waals surface area (Å²) in [7, 11) is 6.01. The molecule has 0 unspecified atom stereocenters. The van der Waals surface area contributed by atoms with Crippen molar-refractivity contribution >= 4 is 40.8 Å². The number of para-hydroxylation sites is 1. The molecule has 2 aromatic rings. The van der Waals surface area contributed by atoms with E-state index in [0.717, 1.165) is 45.0 Å². The van der Waals surface area contributed by atoms with Gasteiger partial charge in [0.1, 0.15) is 0 Å². The lowest BCUT2D eigenvalue weighted by Gasteiger charge is -2.14. The van der Waals surface area contributed by atoms with E-state index < -0.39 is 0 Å². The zero-order valence-corrected chi connectivity index (χ0v) is 17.3. The Kier molecular flexibility index (Phi) is 9.78. The van der Waals surface area contributed by atoms with Crippen LogP contribution >= 0.6 is 24.0 Å². The lowest BCUT2D eigenvalue weighted by molar-refractivity contribution is 0.399. The minimum Gasteiger partial charge on any atom is -0.356 e. The second-order valence-electron chi connectivity index (χ2n) is 6.00. The Morgan fingerprint density at radius 2 is 1.79 bits per heavy atom. The van der Waals surface area contributed by atoms with Gasteiger partial charge in [-0.15, -0.1) is 24.0 Å². The molecular weight excluding hydrogens is 413 g/mol. The molecule has 134 valence electrons. The molecule has 1 aromatic carbocycles. The van der Waals surface area contributed by atoms with Crippen molar-refractivity contribution in [1.82, 2.24) is 20.1 Å². The van der Waals surface area contributed by atoms with Gasteiger partial charge < -0.3 is 20.1 Å². The summed E-state index contributed by atoms with van der Waals surface area (Å²) in [6.07, 6.45) is 4.35. The molecule has 24 heavy (non-hydrogen) atoms. The van der Waals surface area contributed by atoms with Crippen LogP contribution in [0.15, 0.2) is 41.5 Å². The number of aryl methyl sites for hydroxylation is 1. The minimum absolute atomic E-state index is 0. The molecule has 0 radical (unpaired) electrons. The van der Waals surface area contributed by atoms with Crippen molar-refractivity contribution in [1.29, 1.82) is 0 Å². The highest BCUT2D eigenvalue weighted by molar-refractivity contribution is 14.0. The number of guanidine groups is 1. The summed E-state index contributed by atoms with van der Waals surface area (Å²) >= 11 is 0. The molecule has 0 aliphatic carbocycles. The highest BCUT2D eigenvalue weighted by Gasteiger charge is 2.00. The second kappa shape index (κ2) is 11.3. The number of aromatic nitrogens is 1. The maximum Gasteiger partial charge on any atom is 0.190 e. The van der Waals surface area contributed by atoms with E-state index in [-0.39, 0.29) is 24.0 Å². The number of benzene rings is 1. The van der Waals surface area contributed by atoms with Crippen LogP contribution in [0.1, 0.15) is 12.8 Å². The standard InChI is InChI=1S/C18H29N5.HI/c1-19-18(20-11-6-13-22(2)3)21-12-7-14-23-15-10-16-8-4-5-9-17(16)23;/h4-5,8-10,15H,6-7,11-14H2,1-3H3,(H2,19,20,21);1H. The monoisotopic (exact) mass is 443 g/mol. The molecule has 2 rings (SSSR count). The fourth-order valence-electron chi connectivity index (χ4n) is 2.61. The molecule has 5 nitrogen and oxygen atoms in total. The van der Waals surface area contributed by atoms with Gasteiger partial charge in [-0.1, -0.05) is 18.2 Å². The first-order valence-corrected chi connectivity index (χ1v) is 8.34. The van der Waals surface area contributed by atoms with E-state index in [1.165, 1.54) is 10.9 Å². The number of nitrogens with one attached hydrogen (secondary N) is 2. The molecular formula is C18H30IN5. The SMILES string of the molecule is CN=C(NCCCN(C)C)NCCCn1ccc2ccccc21.I. The summed E-state index contributed by atoms with van der Waals surface area (Å²) in [4.78, 5) is 6.46. The first-order valence-electron chi connectivity index (χ1n) is 8.34. The van der Waals surface area contributed by atoms with Crippen LogP contribution in [-0.4, -0.2) is 56.2 Å². The Morgan fingerprint density at radius 1 is 1.08 bits per heavy atom. The van der Waals surface area contributed by atoms with Gasteiger partial charge in [-0.25, -0.2) is 0 Å². The first-order chi connectivity index (χ1) is 11.2. The molecule has 6 heteroatoms. The second-order valence-corrected chi connectivity index (χ2v) is 6.00. The zero-order valence-electron chi connectivity index (χ0n) is 15.0. The van der Waals surface area contributed by atoms with E-state index in [0.29, 0.717) is 0 Å². The number of nitrogens with zero attached hydrogens (tertiary/aromatic N) is 3. The van der Waals surface area contributed by atoms with Gasteiger partial charge in [0.25, 0.3) is 0 Å². The van der Waals surface area contributed by atoms with Crippen LogP contribution in [0, 0.1) is 0 Å². The van der Waals surface area contributed by atoms with Gasteiger partial charge in [-0.05, 0) is 51.0 Å². The molecule has 1 aromatic heterocycles. The molecule has 0 aliphatic heterocycles. The Bertz CT molecular complexity index is 621. The Hall–Kier alpha value is -1.28. The molecule has 0 aliphatic rings. The van der Waals surface area contributed by atoms with Gasteiger partial charge in [0.05, 0.1) is 0 Å². The predicted molar refractivity (Wildman–Crippen MR) is 115 cm³/mol. The van der Waals surface area contributed by atoms with Gasteiger partial charge in [0.15, 0.2) is 5.96 Å². The Balaban J connectivity index is 0.00000288. The fourth-order valence-corrected chi connectivity index (χ4v) is 2.61. The van der Waals surface area contributed by atoms with Gasteiger partial charge in [-0.2, -0.15) is 0 Å². The van der Waals surface area contributed by atoms with Crippen LogP contribution in [0.5, 0.6) is 0 Å². The number of aliphatic imine (C=N–C) groups is 1. The average molecular weight is 443 g/mol. The quantitative estimate of drug-likeness (QED) is 0.286. The summed E-state index contributed by atoms with van der Waals surface area (Å²) in [5.41, 5.74) is 1.30. The van der Waals surface area contributed by atoms with E-state index in [2.05, 4.69) is 75.7 Å². The van der Waals surface area contributed by atoms with E-state index in [1.54, 1.807) is 0 Å². The lowest BCUT2D eigenvalue weighted by atomic mass is 10.2. The van der Waals surface area contributed by atoms with Gasteiger partial charge in [0, 0.05) is 38.4 Å². The molecule has 0 atom stereocenters. The van der Waals surface area contributed by atoms with Gasteiger partial charge in [-0.3, -0.25) is 4.99 Å². The minimum atomic E-state index is 0. The van der Waals surface area contributed by atoms with Crippen molar-refractivity contribution < 1.29 is 0 Å². The van der Waals surface area contributed by atoms with Crippen molar-refractivity contribution in [2.45, 2.75) is 19.4 Å². The van der Waals surface area contributed by atoms with Crippen molar-refractivity contribution in [3.8, 4) is 0 Å². The topological polar surface area (TPSA) is 44.6 Å². The largest absolute Gasteiger partial charge is 0.356 e. The van der Waals surface area contributed by atoms with E-state index >= 15 is 0 Å². The number of hydrogen-bond acceptors (Lipinski definition) is 2. The summed E-state index contributed by atoms with van der Waals surface area (Å²) in [6.45, 7) is 3.96. The maximum atomic E-state index is 4.26. The highest BCUT2D eigenvalue weighted by atomic mass is 127. The van der Waals surface area contributed by atoms with E-state index in [9.17, 15) is 0 Å². The zero-order chi connectivity index (χ0) is 16.5. The fraction of sp³-hybridized carbons (Fsp3) is 0.500. The van der Waals surface area contributed by atoms with Crippen LogP contribution < -0.4 is 10.6 Å². The average Bonchev–Trinajstić information content (AvgIpc) is 2.96. The summed E-state index contributed by atoms with van der Waals surface area (Å²) in [5.74, 6) is 0.890. The molecule has 0 spiro atoms. The van der Waals surface area contributed by atoms with E-state index in [4.69, 9.17) is 0 Å². The van der Waals surface area contributed by atoms with Crippen LogP contribution in [0.4, 0.5) is 0 Å². The first kappa shape index (κ1) is 20.8. The summed E-state index contributed by atoms with van der Waals surface area (Å²) < 4.78 is 2.31. The Labute approximate surface area is 162 Å². The number of fused-ring (bicyclic) bond motifs is 1. The van der Waals surface area contributed by atoms with Crippen LogP contribution in [0.25, 0.3) is 10.9 Å². The molecule has 1 heterocycles. The molecule has 2 N–H and O–H groups in total. The van der Waals surface area contributed by atoms with Crippen molar-refractivity contribution in [3.63, 3.8) is 0 Å². The smallest absolute Gasteiger partial charge is 0.190 e. The van der Waals surface area contributed by atoms with Gasteiger partial charge >= 0.3 is 0 Å². The normalized spacial score (nSPS) is 11.6. The molecule has 0 bridgehead atoms. The van der Waals surface area contributed by atoms with Gasteiger partial charge in [0.2, 0.25) is 0 Å². The summed E-state index contributed by atoms with van der Waals surface area (Å²) in [6, 6.07) is 10.7.